The quantitative estimate of drug-likeness (QED) is 0.172. The van der Waals surface area contributed by atoms with E-state index in [1.807, 2.05) is 48.7 Å². The van der Waals surface area contributed by atoms with Crippen molar-refractivity contribution in [1.82, 2.24) is 14.8 Å². The number of nitrogens with one attached hydrogen (secondary N) is 1. The smallest absolute Gasteiger partial charge is 0.214 e. The lowest BCUT2D eigenvalue weighted by Gasteiger charge is -2.14. The van der Waals surface area contributed by atoms with E-state index in [2.05, 4.69) is 10.1 Å². The number of H-pyrrole nitrogens is 1. The summed E-state index contributed by atoms with van der Waals surface area (Å²) in [5.74, 6) is 0.841. The first-order valence-corrected chi connectivity index (χ1v) is 14.4. The van der Waals surface area contributed by atoms with Gasteiger partial charge >= 0.3 is 0 Å². The number of aryl methyl sites for hydroxylation is 1. The second-order valence-electron chi connectivity index (χ2n) is 10.1. The maximum Gasteiger partial charge on any atom is 0.214 e. The zero-order valence-electron chi connectivity index (χ0n) is 23.0. The number of nitrogens with two attached hydrogens (primary N) is 1. The molecule has 5 aromatic rings. The van der Waals surface area contributed by atoms with Gasteiger partial charge < -0.3 is 20.2 Å². The average molecular weight is 587 g/mol. The first-order valence-electron chi connectivity index (χ1n) is 13.5. The first kappa shape index (κ1) is 27.5. The molecule has 42 heavy (non-hydrogen) atoms. The number of thiophene rings is 1. The number of ketones is 1. The minimum absolute atomic E-state index is 0.0752. The van der Waals surface area contributed by atoms with Crippen molar-refractivity contribution in [2.45, 2.75) is 32.9 Å². The van der Waals surface area contributed by atoms with E-state index in [0.29, 0.717) is 35.7 Å². The second-order valence-corrected chi connectivity index (χ2v) is 11.1. The lowest BCUT2D eigenvalue weighted by molar-refractivity contribution is 0.103. The number of ether oxygens (including phenoxy) is 2. The van der Waals surface area contributed by atoms with Crippen LogP contribution in [0.15, 0.2) is 83.8 Å². The van der Waals surface area contributed by atoms with Crippen LogP contribution in [0.1, 0.15) is 41.4 Å². The van der Waals surface area contributed by atoms with E-state index in [1.54, 1.807) is 35.6 Å². The fourth-order valence-electron chi connectivity index (χ4n) is 4.82. The molecule has 0 amide bonds. The Hall–Kier alpha value is -4.70. The van der Waals surface area contributed by atoms with E-state index in [-0.39, 0.29) is 35.4 Å². The molecule has 1 aliphatic rings. The molecule has 0 fully saturated rings. The number of nitrogen functional groups attached to an aromatic ring is 1. The molecule has 3 heterocycles. The summed E-state index contributed by atoms with van der Waals surface area (Å²) in [6.07, 6.45) is 4.80. The summed E-state index contributed by atoms with van der Waals surface area (Å²) in [5.41, 5.74) is 9.92. The predicted octanol–water partition coefficient (Wildman–Crippen LogP) is 7.85. The van der Waals surface area contributed by atoms with Gasteiger partial charge in [0.05, 0.1) is 23.1 Å². The summed E-state index contributed by atoms with van der Waals surface area (Å²) in [5, 5.41) is 7.07. The molecule has 214 valence electrons. The van der Waals surface area contributed by atoms with Gasteiger partial charge in [-0.1, -0.05) is 12.1 Å². The number of fused-ring (bicyclic) bond motifs is 1. The van der Waals surface area contributed by atoms with Gasteiger partial charge in [-0.05, 0) is 79.8 Å². The van der Waals surface area contributed by atoms with E-state index in [1.165, 1.54) is 17.8 Å². The topological polar surface area (TPSA) is 95.2 Å². The molecule has 0 radical (unpaired) electrons. The van der Waals surface area contributed by atoms with E-state index in [9.17, 15) is 13.6 Å². The monoisotopic (exact) mass is 586 g/mol. The number of rotatable bonds is 9. The van der Waals surface area contributed by atoms with Gasteiger partial charge in [0.25, 0.3) is 0 Å². The van der Waals surface area contributed by atoms with Crippen molar-refractivity contribution in [3.8, 4) is 27.6 Å². The number of aromatic nitrogens is 3. The molecule has 7 nitrogen and oxygen atoms in total. The largest absolute Gasteiger partial charge is 0.490 e. The minimum Gasteiger partial charge on any atom is -0.490 e. The van der Waals surface area contributed by atoms with Crippen molar-refractivity contribution in [1.29, 1.82) is 0 Å². The van der Waals surface area contributed by atoms with Crippen molar-refractivity contribution in [2.24, 2.45) is 0 Å². The van der Waals surface area contributed by atoms with Crippen LogP contribution in [0.5, 0.6) is 11.5 Å². The number of allylic oxidation sites excluding steroid dienone is 3. The fraction of sp³-hybridized carbons (Fsp3) is 0.188. The van der Waals surface area contributed by atoms with Crippen LogP contribution in [-0.2, 0) is 0 Å². The Morgan fingerprint density at radius 1 is 1.21 bits per heavy atom. The van der Waals surface area contributed by atoms with Crippen LogP contribution < -0.4 is 15.2 Å². The maximum atomic E-state index is 14.1. The second kappa shape index (κ2) is 11.3. The summed E-state index contributed by atoms with van der Waals surface area (Å²) in [7, 11) is 0. The Morgan fingerprint density at radius 3 is 2.81 bits per heavy atom. The Kier molecular flexibility index (Phi) is 7.38. The van der Waals surface area contributed by atoms with Crippen LogP contribution >= 0.6 is 11.3 Å². The number of anilines is 1. The molecule has 1 atom stereocenters. The van der Waals surface area contributed by atoms with E-state index in [4.69, 9.17) is 15.2 Å². The van der Waals surface area contributed by atoms with Gasteiger partial charge in [0.2, 0.25) is 5.78 Å². The zero-order valence-corrected chi connectivity index (χ0v) is 23.8. The number of alkyl halides is 1. The number of aromatic amines is 1. The third-order valence-electron chi connectivity index (χ3n) is 6.96. The summed E-state index contributed by atoms with van der Waals surface area (Å²) in [6, 6.07) is 14.6. The van der Waals surface area contributed by atoms with Gasteiger partial charge in [-0.25, -0.2) is 13.5 Å². The molecule has 10 heteroatoms. The molecule has 0 aliphatic heterocycles. The average Bonchev–Trinajstić information content (AvgIpc) is 3.73. The Bertz CT molecular complexity index is 1850. The number of benzene rings is 2. The van der Waals surface area contributed by atoms with E-state index >= 15 is 0 Å². The van der Waals surface area contributed by atoms with Gasteiger partial charge in [0, 0.05) is 27.8 Å². The molecule has 1 aliphatic carbocycles. The lowest BCUT2D eigenvalue weighted by Crippen LogP contribution is -2.08. The molecule has 1 unspecified atom stereocenters. The van der Waals surface area contributed by atoms with Crippen LogP contribution in [0.3, 0.4) is 0 Å². The van der Waals surface area contributed by atoms with E-state index < -0.39 is 6.17 Å². The van der Waals surface area contributed by atoms with Crippen molar-refractivity contribution < 1.29 is 23.0 Å². The maximum absolute atomic E-state index is 14.1. The molecule has 0 saturated heterocycles. The molecule has 3 aromatic heterocycles. The van der Waals surface area contributed by atoms with Gasteiger partial charge in [0.1, 0.15) is 35.9 Å². The fourth-order valence-corrected chi connectivity index (χ4v) is 5.56. The minimum atomic E-state index is -1.12. The SMILES string of the molecule is Cc1cc(-n2ncc(C(=O)c3cc4cc(OCC(C)F)c(-c5cccs5)cc4[nH]3)c2N)ccc1OC1=C(F)CCC=C1. The lowest BCUT2D eigenvalue weighted by atomic mass is 10.1. The van der Waals surface area contributed by atoms with Crippen LogP contribution in [0.4, 0.5) is 14.6 Å². The van der Waals surface area contributed by atoms with Crippen LogP contribution in [0.25, 0.3) is 27.0 Å². The first-order chi connectivity index (χ1) is 20.3. The van der Waals surface area contributed by atoms with Crippen molar-refractivity contribution in [3.05, 3.63) is 101 Å². The van der Waals surface area contributed by atoms with Crippen molar-refractivity contribution in [3.63, 3.8) is 0 Å². The molecule has 0 saturated carbocycles. The van der Waals surface area contributed by atoms with Crippen molar-refractivity contribution >= 4 is 33.8 Å². The van der Waals surface area contributed by atoms with Gasteiger partial charge in [-0.3, -0.25) is 4.79 Å². The molecule has 0 bridgehead atoms. The molecule has 6 rings (SSSR count). The predicted molar refractivity (Wildman–Crippen MR) is 161 cm³/mol. The third kappa shape index (κ3) is 5.33. The van der Waals surface area contributed by atoms with Crippen LogP contribution in [0, 0.1) is 6.92 Å². The summed E-state index contributed by atoms with van der Waals surface area (Å²) in [6.45, 7) is 3.21. The molecular weight excluding hydrogens is 558 g/mol. The highest BCUT2D eigenvalue weighted by atomic mass is 32.1. The highest BCUT2D eigenvalue weighted by molar-refractivity contribution is 7.13. The molecule has 3 N–H and O–H groups in total. The number of halogens is 2. The van der Waals surface area contributed by atoms with Crippen molar-refractivity contribution in [2.75, 3.05) is 12.3 Å². The number of nitrogens with zero attached hydrogens (tertiary/aromatic N) is 2. The van der Waals surface area contributed by atoms with E-state index in [0.717, 1.165) is 26.9 Å². The number of hydrogen-bond acceptors (Lipinski definition) is 6. The van der Waals surface area contributed by atoms with Gasteiger partial charge in [0.15, 0.2) is 5.76 Å². The molecule has 2 aromatic carbocycles. The summed E-state index contributed by atoms with van der Waals surface area (Å²) in [4.78, 5) is 17.7. The highest BCUT2D eigenvalue weighted by Gasteiger charge is 2.21. The van der Waals surface area contributed by atoms with Crippen LogP contribution in [-0.4, -0.2) is 33.3 Å². The Balaban J connectivity index is 1.28. The Labute approximate surface area is 244 Å². The van der Waals surface area contributed by atoms with Gasteiger partial charge in [-0.2, -0.15) is 5.10 Å². The van der Waals surface area contributed by atoms with Crippen LogP contribution in [0.2, 0.25) is 0 Å². The number of carbonyl (C=O) groups is 1. The third-order valence-corrected chi connectivity index (χ3v) is 7.86. The number of carbonyl (C=O) groups excluding carboxylic acids is 1. The Morgan fingerprint density at radius 2 is 2.07 bits per heavy atom. The molecule has 0 spiro atoms. The highest BCUT2D eigenvalue weighted by Crippen LogP contribution is 2.37. The van der Waals surface area contributed by atoms with Gasteiger partial charge in [-0.15, -0.1) is 11.3 Å². The molecular formula is C32H28F2N4O3S. The summed E-state index contributed by atoms with van der Waals surface area (Å²) < 4.78 is 40.8. The standard InChI is InChI=1S/C32H28F2N4O3S/c1-18-12-21(9-10-27(18)41-28-7-4-3-6-24(28)34)38-32(35)23(16-36-38)31(39)26-13-20-14-29(40-17-19(2)33)22(15-25(20)37-26)30-8-5-11-42-30/h4-5,7-16,19,37H,3,6,17,35H2,1-2H3. The number of hydrogen-bond donors (Lipinski definition) is 2. The normalized spacial score (nSPS) is 14.0. The zero-order chi connectivity index (χ0) is 29.4. The summed E-state index contributed by atoms with van der Waals surface area (Å²) >= 11 is 1.54.